The van der Waals surface area contributed by atoms with Crippen LogP contribution in [0, 0.1) is 5.92 Å². The van der Waals surface area contributed by atoms with Crippen LogP contribution >= 0.6 is 0 Å². The predicted molar refractivity (Wildman–Crippen MR) is 57.1 cm³/mol. The minimum atomic E-state index is 0.417. The Morgan fingerprint density at radius 2 is 2.23 bits per heavy atom. The first-order valence-electron chi connectivity index (χ1n) is 5.39. The van der Waals surface area contributed by atoms with Crippen molar-refractivity contribution in [2.24, 2.45) is 11.8 Å². The van der Waals surface area contributed by atoms with Gasteiger partial charge in [-0.1, -0.05) is 25.5 Å². The van der Waals surface area contributed by atoms with E-state index in [4.69, 9.17) is 5.84 Å². The average molecular weight is 182 g/mol. The normalized spacial score (nSPS) is 20.2. The maximum Gasteiger partial charge on any atom is 0.0422 e. The van der Waals surface area contributed by atoms with Crippen LogP contribution in [0.2, 0.25) is 0 Å². The van der Waals surface area contributed by atoms with E-state index in [2.05, 4.69) is 25.3 Å². The predicted octanol–water partition coefficient (Wildman–Crippen LogP) is 2.36. The minimum Gasteiger partial charge on any atom is -0.271 e. The molecule has 1 aliphatic carbocycles. The number of nitrogens with two attached hydrogens (primary N) is 1. The van der Waals surface area contributed by atoms with Crippen molar-refractivity contribution in [1.82, 2.24) is 5.43 Å². The largest absolute Gasteiger partial charge is 0.271 e. The quantitative estimate of drug-likeness (QED) is 0.398. The Labute approximate surface area is 81.6 Å². The van der Waals surface area contributed by atoms with Gasteiger partial charge in [-0.15, -0.1) is 0 Å². The zero-order chi connectivity index (χ0) is 9.68. The van der Waals surface area contributed by atoms with Gasteiger partial charge in [-0.05, 0) is 38.0 Å². The molecular formula is C11H22N2. The van der Waals surface area contributed by atoms with E-state index in [1.807, 2.05) is 0 Å². The lowest BCUT2D eigenvalue weighted by Gasteiger charge is -2.23. The highest BCUT2D eigenvalue weighted by Crippen LogP contribution is 2.23. The van der Waals surface area contributed by atoms with Gasteiger partial charge in [0.15, 0.2) is 0 Å². The van der Waals surface area contributed by atoms with Crippen molar-refractivity contribution in [3.63, 3.8) is 0 Å². The molecule has 0 amide bonds. The molecule has 0 aliphatic heterocycles. The van der Waals surface area contributed by atoms with Gasteiger partial charge in [0.1, 0.15) is 0 Å². The second-order valence-electron chi connectivity index (χ2n) is 4.37. The van der Waals surface area contributed by atoms with Gasteiger partial charge in [0, 0.05) is 6.04 Å². The average Bonchev–Trinajstić information content (AvgIpc) is 2.15. The van der Waals surface area contributed by atoms with E-state index >= 15 is 0 Å². The van der Waals surface area contributed by atoms with Crippen molar-refractivity contribution >= 4 is 0 Å². The van der Waals surface area contributed by atoms with Gasteiger partial charge in [-0.2, -0.15) is 0 Å². The fourth-order valence-electron chi connectivity index (χ4n) is 1.98. The molecule has 76 valence electrons. The summed E-state index contributed by atoms with van der Waals surface area (Å²) < 4.78 is 0. The van der Waals surface area contributed by atoms with Crippen LogP contribution in [-0.4, -0.2) is 6.04 Å². The second kappa shape index (κ2) is 5.40. The molecule has 0 spiro atoms. The Hall–Kier alpha value is -0.340. The van der Waals surface area contributed by atoms with Gasteiger partial charge in [-0.25, -0.2) is 0 Å². The highest BCUT2D eigenvalue weighted by atomic mass is 15.2. The first-order valence-corrected chi connectivity index (χ1v) is 5.39. The van der Waals surface area contributed by atoms with Crippen LogP contribution in [0.1, 0.15) is 46.0 Å². The van der Waals surface area contributed by atoms with Crippen LogP contribution in [0.4, 0.5) is 0 Å². The number of hydrogen-bond donors (Lipinski definition) is 2. The smallest absolute Gasteiger partial charge is 0.0422 e. The molecule has 0 aromatic carbocycles. The monoisotopic (exact) mass is 182 g/mol. The number of nitrogens with one attached hydrogen (secondary N) is 1. The Morgan fingerprint density at radius 1 is 1.46 bits per heavy atom. The van der Waals surface area contributed by atoms with Crippen LogP contribution in [-0.2, 0) is 0 Å². The van der Waals surface area contributed by atoms with E-state index < -0.39 is 0 Å². The molecule has 1 atom stereocenters. The molecule has 0 saturated carbocycles. The Kier molecular flexibility index (Phi) is 4.46. The molecule has 2 heteroatoms. The fourth-order valence-corrected chi connectivity index (χ4v) is 1.98. The van der Waals surface area contributed by atoms with Crippen molar-refractivity contribution in [1.29, 1.82) is 0 Å². The Bertz CT molecular complexity index is 173. The minimum absolute atomic E-state index is 0.417. The zero-order valence-corrected chi connectivity index (χ0v) is 8.84. The molecule has 0 radical (unpaired) electrons. The van der Waals surface area contributed by atoms with Crippen LogP contribution < -0.4 is 11.3 Å². The molecule has 0 bridgehead atoms. The van der Waals surface area contributed by atoms with E-state index in [9.17, 15) is 0 Å². The van der Waals surface area contributed by atoms with Crippen molar-refractivity contribution in [3.05, 3.63) is 11.6 Å². The lowest BCUT2D eigenvalue weighted by Crippen LogP contribution is -2.38. The zero-order valence-electron chi connectivity index (χ0n) is 8.84. The van der Waals surface area contributed by atoms with E-state index in [1.54, 1.807) is 0 Å². The van der Waals surface area contributed by atoms with Gasteiger partial charge in [0.25, 0.3) is 0 Å². The SMILES string of the molecule is CC(C)CC(NN)C1=CCCCC1. The number of hydrogen-bond acceptors (Lipinski definition) is 2. The molecule has 2 nitrogen and oxygen atoms in total. The van der Waals surface area contributed by atoms with E-state index in [0.717, 1.165) is 6.42 Å². The summed E-state index contributed by atoms with van der Waals surface area (Å²) in [5.41, 5.74) is 4.46. The Balaban J connectivity index is 2.49. The van der Waals surface area contributed by atoms with Gasteiger partial charge < -0.3 is 0 Å². The summed E-state index contributed by atoms with van der Waals surface area (Å²) in [6.45, 7) is 4.49. The van der Waals surface area contributed by atoms with Gasteiger partial charge >= 0.3 is 0 Å². The summed E-state index contributed by atoms with van der Waals surface area (Å²) in [6, 6.07) is 0.417. The first-order chi connectivity index (χ1) is 6.24. The lowest BCUT2D eigenvalue weighted by atomic mass is 9.90. The van der Waals surface area contributed by atoms with Crippen LogP contribution in [0.15, 0.2) is 11.6 Å². The molecule has 3 N–H and O–H groups in total. The van der Waals surface area contributed by atoms with Crippen molar-refractivity contribution in [3.8, 4) is 0 Å². The highest BCUT2D eigenvalue weighted by molar-refractivity contribution is 5.12. The Morgan fingerprint density at radius 3 is 2.69 bits per heavy atom. The lowest BCUT2D eigenvalue weighted by molar-refractivity contribution is 0.448. The third-order valence-corrected chi connectivity index (χ3v) is 2.68. The maximum atomic E-state index is 5.56. The molecule has 0 saturated heterocycles. The molecule has 1 unspecified atom stereocenters. The molecule has 1 rings (SSSR count). The molecular weight excluding hydrogens is 160 g/mol. The van der Waals surface area contributed by atoms with E-state index in [1.165, 1.54) is 31.3 Å². The summed E-state index contributed by atoms with van der Waals surface area (Å²) in [5.74, 6) is 6.27. The number of allylic oxidation sites excluding steroid dienone is 1. The third kappa shape index (κ3) is 3.49. The second-order valence-corrected chi connectivity index (χ2v) is 4.37. The van der Waals surface area contributed by atoms with Crippen LogP contribution in [0.25, 0.3) is 0 Å². The van der Waals surface area contributed by atoms with E-state index in [-0.39, 0.29) is 0 Å². The first kappa shape index (κ1) is 10.7. The molecule has 0 aromatic rings. The summed E-state index contributed by atoms with van der Waals surface area (Å²) in [6.07, 6.45) is 8.69. The van der Waals surface area contributed by atoms with E-state index in [0.29, 0.717) is 12.0 Å². The van der Waals surface area contributed by atoms with Gasteiger partial charge in [0.05, 0.1) is 0 Å². The van der Waals surface area contributed by atoms with Crippen molar-refractivity contribution < 1.29 is 0 Å². The van der Waals surface area contributed by atoms with Gasteiger partial charge in [-0.3, -0.25) is 11.3 Å². The molecule has 0 heterocycles. The summed E-state index contributed by atoms with van der Waals surface area (Å²) in [4.78, 5) is 0. The van der Waals surface area contributed by atoms with Crippen molar-refractivity contribution in [2.75, 3.05) is 0 Å². The van der Waals surface area contributed by atoms with Gasteiger partial charge in [0.2, 0.25) is 0 Å². The molecule has 0 fully saturated rings. The van der Waals surface area contributed by atoms with Crippen LogP contribution in [0.3, 0.4) is 0 Å². The molecule has 13 heavy (non-hydrogen) atoms. The molecule has 1 aliphatic rings. The summed E-state index contributed by atoms with van der Waals surface area (Å²) in [7, 11) is 0. The number of hydrazine groups is 1. The summed E-state index contributed by atoms with van der Waals surface area (Å²) in [5, 5.41) is 0. The maximum absolute atomic E-state index is 5.56. The topological polar surface area (TPSA) is 38.0 Å². The highest BCUT2D eigenvalue weighted by Gasteiger charge is 2.15. The van der Waals surface area contributed by atoms with Crippen molar-refractivity contribution in [2.45, 2.75) is 52.0 Å². The summed E-state index contributed by atoms with van der Waals surface area (Å²) >= 11 is 0. The molecule has 0 aromatic heterocycles. The fraction of sp³-hybridized carbons (Fsp3) is 0.818. The third-order valence-electron chi connectivity index (χ3n) is 2.68. The standard InChI is InChI=1S/C11H22N2/c1-9(2)8-11(13-12)10-6-4-3-5-7-10/h6,9,11,13H,3-5,7-8,12H2,1-2H3. The number of rotatable bonds is 4. The van der Waals surface area contributed by atoms with Crippen LogP contribution in [0.5, 0.6) is 0 Å².